The van der Waals surface area contributed by atoms with Crippen LogP contribution in [0, 0.1) is 0 Å². The monoisotopic (exact) mass is 328 g/mol. The molecule has 1 heterocycles. The number of carbonyl (C=O) groups excluding carboxylic acids is 1. The summed E-state index contributed by atoms with van der Waals surface area (Å²) in [6, 6.07) is 7.14. The van der Waals surface area contributed by atoms with E-state index in [-0.39, 0.29) is 11.2 Å². The number of halogens is 1. The Labute approximate surface area is 130 Å². The first-order chi connectivity index (χ1) is 9.60. The molecule has 1 atom stereocenters. The van der Waals surface area contributed by atoms with Crippen LogP contribution in [0.1, 0.15) is 6.92 Å². The lowest BCUT2D eigenvalue weighted by Crippen LogP contribution is -2.22. The summed E-state index contributed by atoms with van der Waals surface area (Å²) in [5, 5.41) is 14.6. The summed E-state index contributed by atoms with van der Waals surface area (Å²) in [5.41, 5.74) is 0.611. The van der Waals surface area contributed by atoms with Crippen LogP contribution in [0.2, 0.25) is 5.02 Å². The second-order valence-corrected chi connectivity index (χ2v) is 6.82. The molecule has 0 aliphatic rings. The zero-order valence-corrected chi connectivity index (χ0v) is 13.3. The van der Waals surface area contributed by atoms with Crippen molar-refractivity contribution in [3.05, 3.63) is 29.3 Å². The van der Waals surface area contributed by atoms with Crippen LogP contribution in [-0.2, 0) is 4.79 Å². The average molecular weight is 329 g/mol. The van der Waals surface area contributed by atoms with Gasteiger partial charge in [-0.25, -0.2) is 0 Å². The normalized spacial score (nSPS) is 11.9. The number of nitrogens with one attached hydrogen (secondary N) is 2. The van der Waals surface area contributed by atoms with Crippen molar-refractivity contribution in [2.75, 3.05) is 17.7 Å². The van der Waals surface area contributed by atoms with Gasteiger partial charge in [0.2, 0.25) is 11.0 Å². The van der Waals surface area contributed by atoms with E-state index in [1.165, 1.54) is 23.1 Å². The van der Waals surface area contributed by atoms with Crippen molar-refractivity contribution in [1.29, 1.82) is 0 Å². The summed E-state index contributed by atoms with van der Waals surface area (Å²) >= 11 is 8.78. The highest BCUT2D eigenvalue weighted by atomic mass is 35.5. The molecule has 5 nitrogen and oxygen atoms in total. The zero-order chi connectivity index (χ0) is 14.5. The van der Waals surface area contributed by atoms with Crippen LogP contribution in [0.25, 0.3) is 0 Å². The minimum absolute atomic E-state index is 0.121. The number of carbonyl (C=O) groups is 1. The molecule has 2 rings (SSSR count). The molecule has 0 spiro atoms. The predicted octanol–water partition coefficient (Wildman–Crippen LogP) is 3.35. The minimum atomic E-state index is -0.288. The number of amides is 1. The van der Waals surface area contributed by atoms with Gasteiger partial charge in [-0.15, -0.1) is 10.2 Å². The quantitative estimate of drug-likeness (QED) is 0.824. The second kappa shape index (κ2) is 6.92. The van der Waals surface area contributed by atoms with Gasteiger partial charge in [0.1, 0.15) is 0 Å². The molecular weight excluding hydrogens is 316 g/mol. The van der Waals surface area contributed by atoms with E-state index in [9.17, 15) is 4.79 Å². The SMILES string of the molecule is CNc1nnc(S[C@H](C)C(=O)Nc2ccccc2Cl)s1. The molecule has 20 heavy (non-hydrogen) atoms. The Balaban J connectivity index is 1.97. The number of aromatic nitrogens is 2. The molecule has 0 radical (unpaired) electrons. The first-order valence-corrected chi connectivity index (χ1v) is 7.91. The van der Waals surface area contributed by atoms with E-state index in [4.69, 9.17) is 11.6 Å². The maximum atomic E-state index is 12.1. The van der Waals surface area contributed by atoms with E-state index in [0.29, 0.717) is 10.7 Å². The molecule has 0 aliphatic carbocycles. The Kier molecular flexibility index (Phi) is 5.22. The van der Waals surface area contributed by atoms with E-state index in [0.717, 1.165) is 9.47 Å². The van der Waals surface area contributed by atoms with Gasteiger partial charge in [0, 0.05) is 7.05 Å². The third-order valence-corrected chi connectivity index (χ3v) is 4.85. The fourth-order valence-corrected chi connectivity index (χ4v) is 3.39. The Hall–Kier alpha value is -1.31. The Morgan fingerprint density at radius 2 is 2.15 bits per heavy atom. The van der Waals surface area contributed by atoms with Gasteiger partial charge in [-0.05, 0) is 19.1 Å². The largest absolute Gasteiger partial charge is 0.363 e. The van der Waals surface area contributed by atoms with Gasteiger partial charge in [-0.2, -0.15) is 0 Å². The molecule has 2 N–H and O–H groups in total. The van der Waals surface area contributed by atoms with Crippen LogP contribution in [0.5, 0.6) is 0 Å². The minimum Gasteiger partial charge on any atom is -0.363 e. The van der Waals surface area contributed by atoms with Gasteiger partial charge >= 0.3 is 0 Å². The van der Waals surface area contributed by atoms with Crippen LogP contribution >= 0.6 is 34.7 Å². The molecular formula is C12H13ClN4OS2. The maximum absolute atomic E-state index is 12.1. The molecule has 0 saturated heterocycles. The number of nitrogens with zero attached hydrogens (tertiary/aromatic N) is 2. The molecule has 1 aromatic carbocycles. The standard InChI is InChI=1S/C12H13ClN4OS2/c1-7(19-12-17-16-11(14-2)20-12)10(18)15-9-6-4-3-5-8(9)13/h3-7H,1-2H3,(H,14,16)(H,15,18)/t7-/m1/s1. The third-order valence-electron chi connectivity index (χ3n) is 2.40. The van der Waals surface area contributed by atoms with Crippen LogP contribution in [0.15, 0.2) is 28.6 Å². The molecule has 1 amide bonds. The summed E-state index contributed by atoms with van der Waals surface area (Å²) < 4.78 is 0.746. The topological polar surface area (TPSA) is 66.9 Å². The van der Waals surface area contributed by atoms with E-state index in [1.807, 2.05) is 19.1 Å². The van der Waals surface area contributed by atoms with E-state index >= 15 is 0 Å². The zero-order valence-electron chi connectivity index (χ0n) is 10.9. The van der Waals surface area contributed by atoms with Crippen LogP contribution < -0.4 is 10.6 Å². The molecule has 0 aliphatic heterocycles. The molecule has 106 valence electrons. The highest BCUT2D eigenvalue weighted by molar-refractivity contribution is 8.02. The van der Waals surface area contributed by atoms with Crippen molar-refractivity contribution >= 4 is 51.4 Å². The fourth-order valence-electron chi connectivity index (χ4n) is 1.36. The highest BCUT2D eigenvalue weighted by Crippen LogP contribution is 2.29. The summed E-state index contributed by atoms with van der Waals surface area (Å²) in [4.78, 5) is 12.1. The predicted molar refractivity (Wildman–Crippen MR) is 84.9 cm³/mol. The van der Waals surface area contributed by atoms with Gasteiger partial charge in [0.15, 0.2) is 4.34 Å². The first-order valence-electron chi connectivity index (χ1n) is 5.83. The van der Waals surface area contributed by atoms with Crippen LogP contribution in [-0.4, -0.2) is 28.4 Å². The lowest BCUT2D eigenvalue weighted by Gasteiger charge is -2.11. The van der Waals surface area contributed by atoms with Crippen molar-refractivity contribution in [2.45, 2.75) is 16.5 Å². The van der Waals surface area contributed by atoms with Gasteiger partial charge in [0.05, 0.1) is 16.0 Å². The average Bonchev–Trinajstić information content (AvgIpc) is 2.89. The number of rotatable bonds is 5. The fraction of sp³-hybridized carbons (Fsp3) is 0.250. The molecule has 0 unspecified atom stereocenters. The number of para-hydroxylation sites is 1. The number of hydrogen-bond donors (Lipinski definition) is 2. The number of thioether (sulfide) groups is 1. The summed E-state index contributed by atoms with van der Waals surface area (Å²) in [5.74, 6) is -0.121. The number of benzene rings is 1. The van der Waals surface area contributed by atoms with Crippen molar-refractivity contribution in [1.82, 2.24) is 10.2 Å². The number of hydrogen-bond acceptors (Lipinski definition) is 6. The highest BCUT2D eigenvalue weighted by Gasteiger charge is 2.17. The van der Waals surface area contributed by atoms with Crippen molar-refractivity contribution in [2.24, 2.45) is 0 Å². The van der Waals surface area contributed by atoms with E-state index in [1.54, 1.807) is 19.2 Å². The molecule has 0 fully saturated rings. The maximum Gasteiger partial charge on any atom is 0.237 e. The Morgan fingerprint density at radius 3 is 2.80 bits per heavy atom. The Morgan fingerprint density at radius 1 is 1.40 bits per heavy atom. The second-order valence-electron chi connectivity index (χ2n) is 3.85. The molecule has 1 aromatic heterocycles. The number of anilines is 2. The smallest absolute Gasteiger partial charge is 0.237 e. The molecule has 8 heteroatoms. The van der Waals surface area contributed by atoms with E-state index < -0.39 is 0 Å². The lowest BCUT2D eigenvalue weighted by atomic mass is 10.3. The van der Waals surface area contributed by atoms with Crippen molar-refractivity contribution in [3.8, 4) is 0 Å². The van der Waals surface area contributed by atoms with Gasteiger partial charge in [-0.3, -0.25) is 4.79 Å². The van der Waals surface area contributed by atoms with Crippen molar-refractivity contribution in [3.63, 3.8) is 0 Å². The Bertz CT molecular complexity index is 605. The van der Waals surface area contributed by atoms with Gasteiger partial charge in [0.25, 0.3) is 0 Å². The van der Waals surface area contributed by atoms with Crippen LogP contribution in [0.3, 0.4) is 0 Å². The van der Waals surface area contributed by atoms with Crippen molar-refractivity contribution < 1.29 is 4.79 Å². The molecule has 0 bridgehead atoms. The molecule has 0 saturated carbocycles. The first kappa shape index (κ1) is 15.1. The van der Waals surface area contributed by atoms with Gasteiger partial charge < -0.3 is 10.6 Å². The molecule has 2 aromatic rings. The van der Waals surface area contributed by atoms with E-state index in [2.05, 4.69) is 20.8 Å². The van der Waals surface area contributed by atoms with Crippen LogP contribution in [0.4, 0.5) is 10.8 Å². The van der Waals surface area contributed by atoms with Gasteiger partial charge in [-0.1, -0.05) is 46.8 Å². The summed E-state index contributed by atoms with van der Waals surface area (Å²) in [7, 11) is 1.78. The lowest BCUT2D eigenvalue weighted by molar-refractivity contribution is -0.115. The summed E-state index contributed by atoms with van der Waals surface area (Å²) in [6.45, 7) is 1.82. The third kappa shape index (κ3) is 3.84. The summed E-state index contributed by atoms with van der Waals surface area (Å²) in [6.07, 6.45) is 0.